The van der Waals surface area contributed by atoms with E-state index in [0.717, 1.165) is 16.7 Å². The van der Waals surface area contributed by atoms with Crippen LogP contribution in [0.3, 0.4) is 0 Å². The Morgan fingerprint density at radius 3 is 2.50 bits per heavy atom. The van der Waals surface area contributed by atoms with Gasteiger partial charge in [-0.25, -0.2) is 9.18 Å². The zero-order valence-corrected chi connectivity index (χ0v) is 12.4. The molecule has 5 heteroatoms. The van der Waals surface area contributed by atoms with Crippen LogP contribution in [-0.4, -0.2) is 17.7 Å². The first-order chi connectivity index (χ1) is 10.6. The van der Waals surface area contributed by atoms with Crippen molar-refractivity contribution in [3.8, 4) is 0 Å². The average Bonchev–Trinajstić information content (AvgIpc) is 2.51. The highest BCUT2D eigenvalue weighted by Gasteiger charge is 2.05. The number of aliphatic hydroxyl groups is 1. The second kappa shape index (κ2) is 7.56. The Balaban J connectivity index is 1.81. The first-order valence-electron chi connectivity index (χ1n) is 7.08. The van der Waals surface area contributed by atoms with Gasteiger partial charge in [-0.15, -0.1) is 0 Å². The van der Waals surface area contributed by atoms with Crippen molar-refractivity contribution in [2.45, 2.75) is 20.0 Å². The molecule has 0 heterocycles. The molecule has 22 heavy (non-hydrogen) atoms. The molecule has 0 saturated carbocycles. The van der Waals surface area contributed by atoms with Gasteiger partial charge in [0, 0.05) is 12.2 Å². The van der Waals surface area contributed by atoms with E-state index in [4.69, 9.17) is 5.11 Å². The number of hydrogen-bond acceptors (Lipinski definition) is 2. The van der Waals surface area contributed by atoms with Gasteiger partial charge in [0.25, 0.3) is 0 Å². The van der Waals surface area contributed by atoms with Crippen LogP contribution in [0.4, 0.5) is 14.9 Å². The number of urea groups is 1. The molecule has 0 unspecified atom stereocenters. The molecular weight excluding hydrogens is 283 g/mol. The third kappa shape index (κ3) is 4.56. The molecule has 4 nitrogen and oxygen atoms in total. The largest absolute Gasteiger partial charge is 0.392 e. The minimum Gasteiger partial charge on any atom is -0.392 e. The summed E-state index contributed by atoms with van der Waals surface area (Å²) in [7, 11) is 0. The fourth-order valence-corrected chi connectivity index (χ4v) is 2.03. The van der Waals surface area contributed by atoms with Crippen LogP contribution >= 0.6 is 0 Å². The summed E-state index contributed by atoms with van der Waals surface area (Å²) in [4.78, 5) is 11.8. The third-order valence-corrected chi connectivity index (χ3v) is 3.35. The number of amides is 2. The van der Waals surface area contributed by atoms with Gasteiger partial charge in [0.15, 0.2) is 0 Å². The second-order valence-electron chi connectivity index (χ2n) is 5.06. The maximum absolute atomic E-state index is 13.1. The summed E-state index contributed by atoms with van der Waals surface area (Å²) in [5.41, 5.74) is 3.19. The minimum absolute atomic E-state index is 0.0217. The molecule has 0 saturated heterocycles. The molecule has 0 aliphatic carbocycles. The zero-order chi connectivity index (χ0) is 15.9. The van der Waals surface area contributed by atoms with Gasteiger partial charge in [0.05, 0.1) is 6.61 Å². The highest BCUT2D eigenvalue weighted by atomic mass is 19.1. The fraction of sp³-hybridized carbons (Fsp3) is 0.235. The van der Waals surface area contributed by atoms with E-state index < -0.39 is 0 Å². The van der Waals surface area contributed by atoms with Gasteiger partial charge < -0.3 is 15.7 Å². The highest BCUT2D eigenvalue weighted by Crippen LogP contribution is 2.15. The van der Waals surface area contributed by atoms with Crippen molar-refractivity contribution in [1.29, 1.82) is 0 Å². The van der Waals surface area contributed by atoms with E-state index in [2.05, 4.69) is 10.6 Å². The molecule has 0 radical (unpaired) electrons. The molecule has 0 atom stereocenters. The Hall–Kier alpha value is -2.40. The molecule has 0 fully saturated rings. The second-order valence-corrected chi connectivity index (χ2v) is 5.06. The van der Waals surface area contributed by atoms with Gasteiger partial charge in [-0.2, -0.15) is 0 Å². The van der Waals surface area contributed by atoms with Crippen LogP contribution in [0.2, 0.25) is 0 Å². The number of halogens is 1. The molecule has 2 aromatic carbocycles. The van der Waals surface area contributed by atoms with E-state index in [0.29, 0.717) is 18.7 Å². The molecule has 116 valence electrons. The summed E-state index contributed by atoms with van der Waals surface area (Å²) in [6, 6.07) is 11.5. The molecule has 2 rings (SSSR count). The first kappa shape index (κ1) is 16.0. The summed E-state index contributed by atoms with van der Waals surface area (Å²) < 4.78 is 13.1. The van der Waals surface area contributed by atoms with Gasteiger partial charge in [0.2, 0.25) is 0 Å². The van der Waals surface area contributed by atoms with Gasteiger partial charge in [-0.05, 0) is 42.2 Å². The molecule has 0 aliphatic heterocycles. The Labute approximate surface area is 129 Å². The molecule has 0 aliphatic rings. The number of aryl methyl sites for hydroxylation is 1. The van der Waals surface area contributed by atoms with Crippen LogP contribution in [0.5, 0.6) is 0 Å². The Morgan fingerprint density at radius 2 is 1.82 bits per heavy atom. The Morgan fingerprint density at radius 1 is 1.14 bits per heavy atom. The quantitative estimate of drug-likeness (QED) is 0.795. The lowest BCUT2D eigenvalue weighted by molar-refractivity contribution is 0.252. The van der Waals surface area contributed by atoms with Crippen molar-refractivity contribution in [2.75, 3.05) is 11.9 Å². The van der Waals surface area contributed by atoms with Crippen LogP contribution in [-0.2, 0) is 13.0 Å². The van der Waals surface area contributed by atoms with E-state index in [9.17, 15) is 9.18 Å². The number of carbonyl (C=O) groups excluding carboxylic acids is 1. The van der Waals surface area contributed by atoms with E-state index in [1.807, 2.05) is 24.3 Å². The number of aliphatic hydroxyl groups excluding tert-OH is 1. The van der Waals surface area contributed by atoms with E-state index in [-0.39, 0.29) is 18.5 Å². The topological polar surface area (TPSA) is 61.4 Å². The number of anilines is 1. The summed E-state index contributed by atoms with van der Waals surface area (Å²) >= 11 is 0. The molecule has 2 aromatic rings. The molecule has 0 spiro atoms. The predicted molar refractivity (Wildman–Crippen MR) is 84.2 cm³/mol. The Bertz CT molecular complexity index is 642. The van der Waals surface area contributed by atoms with Crippen LogP contribution in [0.25, 0.3) is 0 Å². The lowest BCUT2D eigenvalue weighted by atomic mass is 10.1. The third-order valence-electron chi connectivity index (χ3n) is 3.35. The summed E-state index contributed by atoms with van der Waals surface area (Å²) in [5.74, 6) is -0.384. The van der Waals surface area contributed by atoms with Crippen LogP contribution in [0, 0.1) is 12.7 Å². The van der Waals surface area contributed by atoms with E-state index in [1.165, 1.54) is 12.1 Å². The van der Waals surface area contributed by atoms with Gasteiger partial charge in [0.1, 0.15) is 5.82 Å². The van der Waals surface area contributed by atoms with Crippen LogP contribution in [0.1, 0.15) is 16.7 Å². The summed E-state index contributed by atoms with van der Waals surface area (Å²) in [6.07, 6.45) is 0.682. The van der Waals surface area contributed by atoms with Crippen molar-refractivity contribution in [3.63, 3.8) is 0 Å². The van der Waals surface area contributed by atoms with Crippen molar-refractivity contribution in [1.82, 2.24) is 5.32 Å². The normalized spacial score (nSPS) is 10.3. The number of hydrogen-bond donors (Lipinski definition) is 3. The SMILES string of the molecule is Cc1ccc(F)cc1NC(=O)NCCc1ccc(CO)cc1. The lowest BCUT2D eigenvalue weighted by Gasteiger charge is -2.10. The van der Waals surface area contributed by atoms with Crippen molar-refractivity contribution < 1.29 is 14.3 Å². The minimum atomic E-state index is -0.384. The smallest absolute Gasteiger partial charge is 0.319 e. The first-order valence-corrected chi connectivity index (χ1v) is 7.08. The molecule has 0 aromatic heterocycles. The molecule has 3 N–H and O–H groups in total. The number of nitrogens with one attached hydrogen (secondary N) is 2. The number of benzene rings is 2. The van der Waals surface area contributed by atoms with Crippen molar-refractivity contribution in [3.05, 3.63) is 65.0 Å². The van der Waals surface area contributed by atoms with E-state index >= 15 is 0 Å². The average molecular weight is 302 g/mol. The summed E-state index contributed by atoms with van der Waals surface area (Å²) in [6.45, 7) is 2.30. The monoisotopic (exact) mass is 302 g/mol. The van der Waals surface area contributed by atoms with Crippen molar-refractivity contribution in [2.24, 2.45) is 0 Å². The fourth-order valence-electron chi connectivity index (χ4n) is 2.03. The van der Waals surface area contributed by atoms with E-state index in [1.54, 1.807) is 13.0 Å². The summed E-state index contributed by atoms with van der Waals surface area (Å²) in [5, 5.41) is 14.3. The maximum Gasteiger partial charge on any atom is 0.319 e. The lowest BCUT2D eigenvalue weighted by Crippen LogP contribution is -2.30. The Kier molecular flexibility index (Phi) is 5.49. The highest BCUT2D eigenvalue weighted by molar-refractivity contribution is 5.90. The van der Waals surface area contributed by atoms with Gasteiger partial charge in [-0.3, -0.25) is 0 Å². The molecular formula is C17H19FN2O2. The van der Waals surface area contributed by atoms with Crippen molar-refractivity contribution >= 4 is 11.7 Å². The number of carbonyl (C=O) groups is 1. The van der Waals surface area contributed by atoms with Crippen LogP contribution < -0.4 is 10.6 Å². The predicted octanol–water partition coefficient (Wildman–Crippen LogP) is 2.99. The van der Waals surface area contributed by atoms with Crippen LogP contribution in [0.15, 0.2) is 42.5 Å². The zero-order valence-electron chi connectivity index (χ0n) is 12.4. The van der Waals surface area contributed by atoms with Gasteiger partial charge in [-0.1, -0.05) is 30.3 Å². The molecule has 0 bridgehead atoms. The molecule has 2 amide bonds. The maximum atomic E-state index is 13.1. The standard InChI is InChI=1S/C17H19FN2O2/c1-12-2-7-15(18)10-16(12)20-17(22)19-9-8-13-3-5-14(11-21)6-4-13/h2-7,10,21H,8-9,11H2,1H3,(H2,19,20,22). The number of rotatable bonds is 5. The van der Waals surface area contributed by atoms with Gasteiger partial charge >= 0.3 is 6.03 Å².